The minimum Gasteiger partial charge on any atom is -0.378 e. The Bertz CT molecular complexity index is 244. The molecular weight excluding hydrogens is 190 g/mol. The Labute approximate surface area is 79.4 Å². The van der Waals surface area contributed by atoms with Gasteiger partial charge in [-0.25, -0.2) is 8.42 Å². The molecule has 2 N–H and O–H groups in total. The van der Waals surface area contributed by atoms with Crippen LogP contribution in [0.5, 0.6) is 0 Å². The lowest BCUT2D eigenvalue weighted by Gasteiger charge is -2.14. The molecule has 2 atom stereocenters. The topological polar surface area (TPSA) is 69.4 Å². The van der Waals surface area contributed by atoms with Crippen LogP contribution in [0.2, 0.25) is 0 Å². The van der Waals surface area contributed by atoms with Crippen molar-refractivity contribution in [1.82, 2.24) is 0 Å². The van der Waals surface area contributed by atoms with Crippen LogP contribution in [0.3, 0.4) is 0 Å². The van der Waals surface area contributed by atoms with Crippen molar-refractivity contribution < 1.29 is 13.2 Å². The third-order valence-corrected chi connectivity index (χ3v) is 3.14. The van der Waals surface area contributed by atoms with E-state index in [1.807, 2.05) is 0 Å². The third-order valence-electron chi connectivity index (χ3n) is 2.11. The first kappa shape index (κ1) is 10.9. The second-order valence-electron chi connectivity index (χ2n) is 3.72. The van der Waals surface area contributed by atoms with Crippen molar-refractivity contribution in [2.75, 3.05) is 18.6 Å². The molecule has 0 bridgehead atoms. The van der Waals surface area contributed by atoms with E-state index in [2.05, 4.69) is 0 Å². The molecule has 1 heterocycles. The number of sulfone groups is 1. The van der Waals surface area contributed by atoms with Gasteiger partial charge in [0.15, 0.2) is 0 Å². The van der Waals surface area contributed by atoms with Gasteiger partial charge in [0.1, 0.15) is 9.84 Å². The Balaban J connectivity index is 2.28. The maximum atomic E-state index is 10.9. The first-order valence-electron chi connectivity index (χ1n) is 4.52. The Hall–Kier alpha value is -0.130. The summed E-state index contributed by atoms with van der Waals surface area (Å²) in [6.45, 7) is 0.788. The van der Waals surface area contributed by atoms with Crippen LogP contribution in [0, 0.1) is 0 Å². The highest BCUT2D eigenvalue weighted by Gasteiger charge is 2.20. The van der Waals surface area contributed by atoms with E-state index in [4.69, 9.17) is 10.5 Å². The fourth-order valence-corrected chi connectivity index (χ4v) is 2.54. The van der Waals surface area contributed by atoms with Gasteiger partial charge in [-0.1, -0.05) is 0 Å². The zero-order chi connectivity index (χ0) is 9.90. The largest absolute Gasteiger partial charge is 0.378 e. The minimum absolute atomic E-state index is 0.0624. The summed E-state index contributed by atoms with van der Waals surface area (Å²) >= 11 is 0. The van der Waals surface area contributed by atoms with Gasteiger partial charge in [-0.3, -0.25) is 0 Å². The van der Waals surface area contributed by atoms with Crippen molar-refractivity contribution in [3.63, 3.8) is 0 Å². The average molecular weight is 207 g/mol. The minimum atomic E-state index is -2.95. The average Bonchev–Trinajstić information content (AvgIpc) is 2.34. The highest BCUT2D eigenvalue weighted by molar-refractivity contribution is 7.90. The molecule has 1 aliphatic heterocycles. The number of rotatable bonds is 4. The quantitative estimate of drug-likeness (QED) is 0.700. The predicted molar refractivity (Wildman–Crippen MR) is 51.3 cm³/mol. The normalized spacial score (nSPS) is 26.2. The Kier molecular flexibility index (Phi) is 3.70. The van der Waals surface area contributed by atoms with Gasteiger partial charge in [-0.05, 0) is 19.3 Å². The first-order valence-corrected chi connectivity index (χ1v) is 6.58. The van der Waals surface area contributed by atoms with Gasteiger partial charge in [-0.15, -0.1) is 0 Å². The number of nitrogens with two attached hydrogens (primary N) is 1. The number of hydrogen-bond acceptors (Lipinski definition) is 4. The van der Waals surface area contributed by atoms with Crippen molar-refractivity contribution in [3.05, 3.63) is 0 Å². The molecule has 0 amide bonds. The molecule has 0 aromatic heterocycles. The van der Waals surface area contributed by atoms with Gasteiger partial charge in [0.25, 0.3) is 0 Å². The highest BCUT2D eigenvalue weighted by Crippen LogP contribution is 2.16. The van der Waals surface area contributed by atoms with Crippen LogP contribution in [0.4, 0.5) is 0 Å². The van der Waals surface area contributed by atoms with E-state index in [0.29, 0.717) is 6.42 Å². The fourth-order valence-electron chi connectivity index (χ4n) is 1.62. The molecule has 0 radical (unpaired) electrons. The van der Waals surface area contributed by atoms with E-state index in [1.54, 1.807) is 0 Å². The maximum Gasteiger partial charge on any atom is 0.148 e. The molecule has 0 spiro atoms. The number of ether oxygens (including phenoxy) is 1. The SMILES string of the molecule is CS(=O)(=O)CC(N)CC1CCCO1. The van der Waals surface area contributed by atoms with Crippen molar-refractivity contribution in [2.45, 2.75) is 31.4 Å². The molecule has 0 aromatic rings. The van der Waals surface area contributed by atoms with E-state index in [0.717, 1.165) is 19.4 Å². The van der Waals surface area contributed by atoms with Crippen LogP contribution in [0.25, 0.3) is 0 Å². The van der Waals surface area contributed by atoms with E-state index in [-0.39, 0.29) is 17.9 Å². The molecule has 0 saturated carbocycles. The summed E-state index contributed by atoms with van der Waals surface area (Å²) in [6.07, 6.45) is 4.13. The zero-order valence-electron chi connectivity index (χ0n) is 7.90. The molecule has 2 unspecified atom stereocenters. The summed E-state index contributed by atoms with van der Waals surface area (Å²) in [5.41, 5.74) is 5.68. The van der Waals surface area contributed by atoms with Crippen LogP contribution in [-0.2, 0) is 14.6 Å². The van der Waals surface area contributed by atoms with Gasteiger partial charge in [-0.2, -0.15) is 0 Å². The molecule has 1 aliphatic rings. The summed E-state index contributed by atoms with van der Waals surface area (Å²) in [5, 5.41) is 0. The molecular formula is C8H17NO3S. The van der Waals surface area contributed by atoms with Gasteiger partial charge in [0.05, 0.1) is 11.9 Å². The first-order chi connectivity index (χ1) is 5.97. The summed E-state index contributed by atoms with van der Waals surface area (Å²) in [5.74, 6) is 0.0624. The van der Waals surface area contributed by atoms with Gasteiger partial charge < -0.3 is 10.5 Å². The smallest absolute Gasteiger partial charge is 0.148 e. The van der Waals surface area contributed by atoms with E-state index in [9.17, 15) is 8.42 Å². The maximum absolute atomic E-state index is 10.9. The van der Waals surface area contributed by atoms with Crippen molar-refractivity contribution in [2.24, 2.45) is 5.73 Å². The van der Waals surface area contributed by atoms with Crippen LogP contribution in [0.15, 0.2) is 0 Å². The predicted octanol–water partition coefficient (Wildman–Crippen LogP) is -0.0726. The van der Waals surface area contributed by atoms with Crippen LogP contribution in [0.1, 0.15) is 19.3 Å². The second kappa shape index (κ2) is 4.39. The van der Waals surface area contributed by atoms with Gasteiger partial charge in [0, 0.05) is 18.9 Å². The molecule has 0 aromatic carbocycles. The summed E-state index contributed by atoms with van der Waals surface area (Å²) in [6, 6.07) is -0.280. The molecule has 5 heteroatoms. The van der Waals surface area contributed by atoms with Gasteiger partial charge >= 0.3 is 0 Å². The summed E-state index contributed by atoms with van der Waals surface area (Å²) < 4.78 is 27.2. The highest BCUT2D eigenvalue weighted by atomic mass is 32.2. The zero-order valence-corrected chi connectivity index (χ0v) is 8.72. The van der Waals surface area contributed by atoms with E-state index in [1.165, 1.54) is 6.26 Å². The monoisotopic (exact) mass is 207 g/mol. The van der Waals surface area contributed by atoms with Crippen molar-refractivity contribution >= 4 is 9.84 Å². The third kappa shape index (κ3) is 4.59. The van der Waals surface area contributed by atoms with Crippen LogP contribution >= 0.6 is 0 Å². The summed E-state index contributed by atoms with van der Waals surface area (Å²) in [4.78, 5) is 0. The van der Waals surface area contributed by atoms with Crippen molar-refractivity contribution in [3.8, 4) is 0 Å². The van der Waals surface area contributed by atoms with Gasteiger partial charge in [0.2, 0.25) is 0 Å². The fraction of sp³-hybridized carbons (Fsp3) is 1.00. The summed E-state index contributed by atoms with van der Waals surface area (Å²) in [7, 11) is -2.95. The molecule has 78 valence electrons. The molecule has 13 heavy (non-hydrogen) atoms. The van der Waals surface area contributed by atoms with Crippen LogP contribution in [-0.4, -0.2) is 39.2 Å². The molecule has 0 aliphatic carbocycles. The van der Waals surface area contributed by atoms with E-state index < -0.39 is 9.84 Å². The standard InChI is InChI=1S/C8H17NO3S/c1-13(10,11)6-7(9)5-8-3-2-4-12-8/h7-8H,2-6,9H2,1H3. The second-order valence-corrected chi connectivity index (χ2v) is 5.91. The Morgan fingerprint density at radius 2 is 2.31 bits per heavy atom. The molecule has 1 fully saturated rings. The van der Waals surface area contributed by atoms with Crippen molar-refractivity contribution in [1.29, 1.82) is 0 Å². The lowest BCUT2D eigenvalue weighted by Crippen LogP contribution is -2.32. The number of hydrogen-bond donors (Lipinski definition) is 1. The molecule has 1 rings (SSSR count). The lowest BCUT2D eigenvalue weighted by atomic mass is 10.1. The Morgan fingerprint density at radius 3 is 2.77 bits per heavy atom. The molecule has 4 nitrogen and oxygen atoms in total. The van der Waals surface area contributed by atoms with Crippen LogP contribution < -0.4 is 5.73 Å². The van der Waals surface area contributed by atoms with E-state index >= 15 is 0 Å². The molecule has 1 saturated heterocycles. The Morgan fingerprint density at radius 1 is 1.62 bits per heavy atom. The lowest BCUT2D eigenvalue weighted by molar-refractivity contribution is 0.1000.